The second-order valence-corrected chi connectivity index (χ2v) is 4.98. The van der Waals surface area contributed by atoms with Crippen LogP contribution in [0.25, 0.3) is 0 Å². The van der Waals surface area contributed by atoms with Gasteiger partial charge in [-0.15, -0.1) is 10.2 Å². The maximum absolute atomic E-state index is 12.0. The zero-order valence-corrected chi connectivity index (χ0v) is 12.5. The number of carbonyl (C=O) groups excluding carboxylic acids is 1. The molecule has 0 atom stereocenters. The number of nitrogens with one attached hydrogen (secondary N) is 2. The fraction of sp³-hybridized carbons (Fsp3) is 0.267. The predicted molar refractivity (Wildman–Crippen MR) is 84.8 cm³/mol. The first-order chi connectivity index (χ1) is 10.2. The van der Waals surface area contributed by atoms with Crippen LogP contribution in [0, 0.1) is 0 Å². The standard InChI is InChI=1S/C15H17ClN4O/c1-2-3-10-17-14-9-8-13(19-20-14)15(21)18-12-6-4-11(16)5-7-12/h4-9H,2-3,10H2,1H3,(H,17,20)(H,18,21). The van der Waals surface area contributed by atoms with Crippen molar-refractivity contribution in [2.45, 2.75) is 19.8 Å². The van der Waals surface area contributed by atoms with Crippen LogP contribution in [0.4, 0.5) is 11.5 Å². The maximum atomic E-state index is 12.0. The van der Waals surface area contributed by atoms with Crippen LogP contribution in [-0.2, 0) is 0 Å². The van der Waals surface area contributed by atoms with Crippen molar-refractivity contribution in [2.75, 3.05) is 17.2 Å². The number of rotatable bonds is 6. The van der Waals surface area contributed by atoms with E-state index in [2.05, 4.69) is 27.8 Å². The Bertz CT molecular complexity index is 584. The quantitative estimate of drug-likeness (QED) is 0.800. The van der Waals surface area contributed by atoms with E-state index >= 15 is 0 Å². The zero-order chi connectivity index (χ0) is 15.1. The van der Waals surface area contributed by atoms with E-state index in [0.717, 1.165) is 19.4 Å². The van der Waals surface area contributed by atoms with E-state index < -0.39 is 0 Å². The number of nitrogens with zero attached hydrogens (tertiary/aromatic N) is 2. The van der Waals surface area contributed by atoms with Crippen LogP contribution in [-0.4, -0.2) is 22.6 Å². The van der Waals surface area contributed by atoms with Crippen molar-refractivity contribution in [1.82, 2.24) is 10.2 Å². The fourth-order valence-corrected chi connectivity index (χ4v) is 1.80. The summed E-state index contributed by atoms with van der Waals surface area (Å²) in [5.41, 5.74) is 0.933. The topological polar surface area (TPSA) is 66.9 Å². The lowest BCUT2D eigenvalue weighted by atomic mass is 10.3. The van der Waals surface area contributed by atoms with E-state index in [9.17, 15) is 4.79 Å². The number of hydrogen-bond donors (Lipinski definition) is 2. The molecule has 2 aromatic rings. The highest BCUT2D eigenvalue weighted by atomic mass is 35.5. The Morgan fingerprint density at radius 3 is 2.52 bits per heavy atom. The average molecular weight is 305 g/mol. The van der Waals surface area contributed by atoms with Crippen molar-refractivity contribution < 1.29 is 4.79 Å². The van der Waals surface area contributed by atoms with Crippen molar-refractivity contribution in [3.63, 3.8) is 0 Å². The molecule has 6 heteroatoms. The summed E-state index contributed by atoms with van der Waals surface area (Å²) in [4.78, 5) is 12.0. The Balaban J connectivity index is 1.94. The Morgan fingerprint density at radius 1 is 1.14 bits per heavy atom. The Morgan fingerprint density at radius 2 is 1.90 bits per heavy atom. The normalized spacial score (nSPS) is 10.2. The maximum Gasteiger partial charge on any atom is 0.276 e. The summed E-state index contributed by atoms with van der Waals surface area (Å²) < 4.78 is 0. The number of halogens is 1. The van der Waals surface area contributed by atoms with Gasteiger partial charge in [0.25, 0.3) is 5.91 Å². The number of amides is 1. The van der Waals surface area contributed by atoms with E-state index in [0.29, 0.717) is 16.5 Å². The smallest absolute Gasteiger partial charge is 0.276 e. The molecule has 21 heavy (non-hydrogen) atoms. The molecule has 0 aliphatic rings. The summed E-state index contributed by atoms with van der Waals surface area (Å²) in [6, 6.07) is 10.3. The molecule has 0 aliphatic heterocycles. The molecule has 1 heterocycles. The average Bonchev–Trinajstić information content (AvgIpc) is 2.50. The molecule has 0 saturated carbocycles. The lowest BCUT2D eigenvalue weighted by Gasteiger charge is -2.06. The van der Waals surface area contributed by atoms with Gasteiger partial charge in [-0.2, -0.15) is 0 Å². The zero-order valence-electron chi connectivity index (χ0n) is 11.8. The van der Waals surface area contributed by atoms with Gasteiger partial charge in [-0.25, -0.2) is 0 Å². The van der Waals surface area contributed by atoms with Crippen molar-refractivity contribution >= 4 is 29.0 Å². The summed E-state index contributed by atoms with van der Waals surface area (Å²) in [6.07, 6.45) is 2.18. The molecule has 0 unspecified atom stereocenters. The first-order valence-corrected chi connectivity index (χ1v) is 7.21. The van der Waals surface area contributed by atoms with Crippen LogP contribution in [0.2, 0.25) is 5.02 Å². The molecular weight excluding hydrogens is 288 g/mol. The van der Waals surface area contributed by atoms with Crippen LogP contribution >= 0.6 is 11.6 Å². The molecular formula is C15H17ClN4O. The van der Waals surface area contributed by atoms with Gasteiger partial charge in [-0.05, 0) is 42.8 Å². The molecule has 110 valence electrons. The van der Waals surface area contributed by atoms with E-state index in [4.69, 9.17) is 11.6 Å². The molecule has 0 radical (unpaired) electrons. The van der Waals surface area contributed by atoms with E-state index in [1.54, 1.807) is 36.4 Å². The van der Waals surface area contributed by atoms with E-state index in [1.165, 1.54) is 0 Å². The van der Waals surface area contributed by atoms with Gasteiger partial charge >= 0.3 is 0 Å². The monoisotopic (exact) mass is 304 g/mol. The third-order valence-electron chi connectivity index (χ3n) is 2.84. The van der Waals surface area contributed by atoms with Gasteiger partial charge in [0, 0.05) is 17.3 Å². The third-order valence-corrected chi connectivity index (χ3v) is 3.09. The Hall–Kier alpha value is -2.14. The van der Waals surface area contributed by atoms with Crippen LogP contribution in [0.5, 0.6) is 0 Å². The molecule has 0 spiro atoms. The third kappa shape index (κ3) is 4.72. The summed E-state index contributed by atoms with van der Waals surface area (Å²) >= 11 is 5.79. The van der Waals surface area contributed by atoms with Crippen molar-refractivity contribution in [2.24, 2.45) is 0 Å². The molecule has 0 fully saturated rings. The van der Waals surface area contributed by atoms with Gasteiger partial charge in [0.2, 0.25) is 0 Å². The molecule has 1 amide bonds. The van der Waals surface area contributed by atoms with Gasteiger partial charge in [-0.3, -0.25) is 4.79 Å². The molecule has 2 rings (SSSR count). The summed E-state index contributed by atoms with van der Waals surface area (Å²) in [7, 11) is 0. The Kier molecular flexibility index (Phi) is 5.51. The van der Waals surface area contributed by atoms with Crippen LogP contribution in [0.15, 0.2) is 36.4 Å². The van der Waals surface area contributed by atoms with Gasteiger partial charge in [-0.1, -0.05) is 24.9 Å². The number of aromatic nitrogens is 2. The largest absolute Gasteiger partial charge is 0.369 e. The second-order valence-electron chi connectivity index (χ2n) is 4.55. The van der Waals surface area contributed by atoms with E-state index in [1.807, 2.05) is 0 Å². The molecule has 1 aromatic heterocycles. The lowest BCUT2D eigenvalue weighted by Crippen LogP contribution is -2.15. The number of benzene rings is 1. The Labute approximate surface area is 128 Å². The van der Waals surface area contributed by atoms with Crippen LogP contribution in [0.3, 0.4) is 0 Å². The van der Waals surface area contributed by atoms with E-state index in [-0.39, 0.29) is 11.6 Å². The van der Waals surface area contributed by atoms with Crippen molar-refractivity contribution in [1.29, 1.82) is 0 Å². The van der Waals surface area contributed by atoms with Crippen molar-refractivity contribution in [3.8, 4) is 0 Å². The SMILES string of the molecule is CCCCNc1ccc(C(=O)Nc2ccc(Cl)cc2)nn1. The highest BCUT2D eigenvalue weighted by Crippen LogP contribution is 2.14. The van der Waals surface area contributed by atoms with Gasteiger partial charge in [0.1, 0.15) is 5.82 Å². The highest BCUT2D eigenvalue weighted by Gasteiger charge is 2.08. The minimum absolute atomic E-state index is 0.269. The number of carbonyl (C=O) groups is 1. The second kappa shape index (κ2) is 7.59. The van der Waals surface area contributed by atoms with Crippen LogP contribution in [0.1, 0.15) is 30.3 Å². The molecule has 0 saturated heterocycles. The minimum Gasteiger partial charge on any atom is -0.369 e. The summed E-state index contributed by atoms with van der Waals surface area (Å²) in [6.45, 7) is 2.97. The highest BCUT2D eigenvalue weighted by molar-refractivity contribution is 6.30. The molecule has 0 bridgehead atoms. The number of hydrogen-bond acceptors (Lipinski definition) is 4. The van der Waals surface area contributed by atoms with Crippen LogP contribution < -0.4 is 10.6 Å². The van der Waals surface area contributed by atoms with Gasteiger partial charge in [0.05, 0.1) is 0 Å². The minimum atomic E-state index is -0.301. The molecule has 1 aromatic carbocycles. The van der Waals surface area contributed by atoms with Gasteiger partial charge < -0.3 is 10.6 Å². The van der Waals surface area contributed by atoms with Crippen molar-refractivity contribution in [3.05, 3.63) is 47.1 Å². The first kappa shape index (κ1) is 15.3. The van der Waals surface area contributed by atoms with Gasteiger partial charge in [0.15, 0.2) is 5.69 Å². The summed E-state index contributed by atoms with van der Waals surface area (Å²) in [5.74, 6) is 0.372. The lowest BCUT2D eigenvalue weighted by molar-refractivity contribution is 0.102. The summed E-state index contributed by atoms with van der Waals surface area (Å²) in [5, 5.41) is 14.4. The molecule has 0 aliphatic carbocycles. The number of anilines is 2. The fourth-order valence-electron chi connectivity index (χ4n) is 1.67. The number of unbranched alkanes of at least 4 members (excludes halogenated alkanes) is 1. The predicted octanol–water partition coefficient (Wildman–Crippen LogP) is 3.59. The molecule has 5 nitrogen and oxygen atoms in total. The first-order valence-electron chi connectivity index (χ1n) is 6.83. The molecule has 2 N–H and O–H groups in total.